The Kier molecular flexibility index (Phi) is 2.91. The maximum Gasteiger partial charge on any atom is 0.354 e. The maximum absolute atomic E-state index is 12.9. The van der Waals surface area contributed by atoms with Crippen molar-refractivity contribution in [1.82, 2.24) is 9.78 Å². The van der Waals surface area contributed by atoms with Crippen LogP contribution in [0.3, 0.4) is 0 Å². The van der Waals surface area contributed by atoms with Gasteiger partial charge in [-0.25, -0.2) is 9.18 Å². The third-order valence-electron chi connectivity index (χ3n) is 2.56. The molecule has 0 amide bonds. The Bertz CT molecular complexity index is 563. The minimum Gasteiger partial charge on any atom is -0.477 e. The number of carbonyl (C=O) groups is 1. The zero-order valence-corrected chi connectivity index (χ0v) is 9.22. The van der Waals surface area contributed by atoms with Crippen LogP contribution in [0, 0.1) is 12.7 Å². The lowest BCUT2D eigenvalue weighted by Gasteiger charge is -2.07. The number of hydrogen-bond donors (Lipinski definition) is 1. The van der Waals surface area contributed by atoms with Gasteiger partial charge in [0.25, 0.3) is 0 Å². The summed E-state index contributed by atoms with van der Waals surface area (Å²) in [4.78, 5) is 10.9. The van der Waals surface area contributed by atoms with Crippen molar-refractivity contribution in [2.45, 2.75) is 13.5 Å². The van der Waals surface area contributed by atoms with E-state index < -0.39 is 5.97 Å². The van der Waals surface area contributed by atoms with Gasteiger partial charge in [0.2, 0.25) is 0 Å². The maximum atomic E-state index is 12.9. The first-order valence-corrected chi connectivity index (χ1v) is 5.08. The number of nitrogens with zero attached hydrogens (tertiary/aromatic N) is 2. The third-order valence-corrected chi connectivity index (χ3v) is 2.56. The first kappa shape index (κ1) is 11.3. The van der Waals surface area contributed by atoms with Gasteiger partial charge in [-0.2, -0.15) is 5.10 Å². The number of aryl methyl sites for hydroxylation is 1. The van der Waals surface area contributed by atoms with E-state index in [4.69, 9.17) is 5.11 Å². The average molecular weight is 234 g/mol. The molecular formula is C12H11FN2O2. The highest BCUT2D eigenvalue weighted by Crippen LogP contribution is 2.12. The number of benzene rings is 1. The Morgan fingerprint density at radius 3 is 2.88 bits per heavy atom. The predicted octanol–water partition coefficient (Wildman–Crippen LogP) is 2.08. The fourth-order valence-electron chi connectivity index (χ4n) is 1.64. The van der Waals surface area contributed by atoms with Crippen LogP contribution in [-0.2, 0) is 6.54 Å². The number of carboxylic acid groups (broad SMARTS) is 1. The summed E-state index contributed by atoms with van der Waals surface area (Å²) in [5, 5.41) is 12.9. The summed E-state index contributed by atoms with van der Waals surface area (Å²) in [6.07, 6.45) is 1.43. The molecule has 0 aliphatic rings. The highest BCUT2D eigenvalue weighted by Gasteiger charge is 2.11. The van der Waals surface area contributed by atoms with Gasteiger partial charge in [0.1, 0.15) is 11.5 Å². The molecule has 1 heterocycles. The molecule has 1 aromatic heterocycles. The van der Waals surface area contributed by atoms with Crippen molar-refractivity contribution in [2.24, 2.45) is 0 Å². The van der Waals surface area contributed by atoms with E-state index in [1.807, 2.05) is 0 Å². The molecule has 0 spiro atoms. The molecule has 0 bridgehead atoms. The van der Waals surface area contributed by atoms with E-state index in [1.165, 1.54) is 29.1 Å². The topological polar surface area (TPSA) is 55.1 Å². The lowest BCUT2D eigenvalue weighted by atomic mass is 10.1. The smallest absolute Gasteiger partial charge is 0.354 e. The summed E-state index contributed by atoms with van der Waals surface area (Å²) in [7, 11) is 0. The van der Waals surface area contributed by atoms with Gasteiger partial charge < -0.3 is 5.11 Å². The van der Waals surface area contributed by atoms with E-state index in [0.29, 0.717) is 6.54 Å². The molecule has 0 radical (unpaired) electrons. The summed E-state index contributed by atoms with van der Waals surface area (Å²) in [6, 6.07) is 5.84. The standard InChI is InChI=1S/C12H11FN2O2/c1-8-6-10(13)3-2-9(8)7-15-11(12(16)17)4-5-14-15/h2-6H,7H2,1H3,(H,16,17). The number of hydrogen-bond acceptors (Lipinski definition) is 2. The molecule has 4 nitrogen and oxygen atoms in total. The van der Waals surface area contributed by atoms with Crippen molar-refractivity contribution < 1.29 is 14.3 Å². The van der Waals surface area contributed by atoms with Crippen LogP contribution in [0.2, 0.25) is 0 Å². The van der Waals surface area contributed by atoms with Gasteiger partial charge in [-0.1, -0.05) is 6.07 Å². The van der Waals surface area contributed by atoms with Crippen LogP contribution in [0.1, 0.15) is 21.6 Å². The molecule has 0 saturated carbocycles. The van der Waals surface area contributed by atoms with Crippen LogP contribution < -0.4 is 0 Å². The average Bonchev–Trinajstić information content (AvgIpc) is 2.70. The van der Waals surface area contributed by atoms with Crippen LogP contribution in [-0.4, -0.2) is 20.9 Å². The lowest BCUT2D eigenvalue weighted by molar-refractivity contribution is 0.0684. The van der Waals surface area contributed by atoms with Crippen molar-refractivity contribution >= 4 is 5.97 Å². The van der Waals surface area contributed by atoms with Crippen LogP contribution in [0.15, 0.2) is 30.5 Å². The molecule has 2 aromatic rings. The van der Waals surface area contributed by atoms with Crippen LogP contribution in [0.5, 0.6) is 0 Å². The van der Waals surface area contributed by atoms with Gasteiger partial charge in [-0.05, 0) is 36.2 Å². The first-order chi connectivity index (χ1) is 8.08. The third kappa shape index (κ3) is 2.33. The minimum absolute atomic E-state index is 0.119. The quantitative estimate of drug-likeness (QED) is 0.884. The lowest BCUT2D eigenvalue weighted by Crippen LogP contribution is -2.11. The van der Waals surface area contributed by atoms with Gasteiger partial charge in [0.15, 0.2) is 0 Å². The zero-order valence-electron chi connectivity index (χ0n) is 9.22. The Morgan fingerprint density at radius 1 is 1.47 bits per heavy atom. The van der Waals surface area contributed by atoms with E-state index in [0.717, 1.165) is 11.1 Å². The van der Waals surface area contributed by atoms with Crippen molar-refractivity contribution in [1.29, 1.82) is 0 Å². The zero-order chi connectivity index (χ0) is 12.4. The van der Waals surface area contributed by atoms with E-state index in [-0.39, 0.29) is 11.5 Å². The Morgan fingerprint density at radius 2 is 2.24 bits per heavy atom. The van der Waals surface area contributed by atoms with Gasteiger partial charge in [0, 0.05) is 6.20 Å². The van der Waals surface area contributed by atoms with Crippen molar-refractivity contribution in [3.8, 4) is 0 Å². The molecule has 0 aliphatic heterocycles. The fourth-order valence-corrected chi connectivity index (χ4v) is 1.64. The van der Waals surface area contributed by atoms with Crippen LogP contribution in [0.25, 0.3) is 0 Å². The van der Waals surface area contributed by atoms with Crippen molar-refractivity contribution in [3.05, 3.63) is 53.1 Å². The summed E-state index contributed by atoms with van der Waals surface area (Å²) >= 11 is 0. The molecule has 5 heteroatoms. The van der Waals surface area contributed by atoms with Crippen molar-refractivity contribution in [3.63, 3.8) is 0 Å². The first-order valence-electron chi connectivity index (χ1n) is 5.08. The second kappa shape index (κ2) is 4.37. The second-order valence-electron chi connectivity index (χ2n) is 3.75. The fraction of sp³-hybridized carbons (Fsp3) is 0.167. The predicted molar refractivity (Wildman–Crippen MR) is 59.4 cm³/mol. The molecule has 1 aromatic carbocycles. The molecule has 1 N–H and O–H groups in total. The van der Waals surface area contributed by atoms with E-state index in [9.17, 15) is 9.18 Å². The molecular weight excluding hydrogens is 223 g/mol. The number of aromatic nitrogens is 2. The van der Waals surface area contributed by atoms with Crippen LogP contribution >= 0.6 is 0 Å². The highest BCUT2D eigenvalue weighted by atomic mass is 19.1. The Labute approximate surface area is 97.3 Å². The number of carboxylic acids is 1. The molecule has 0 aliphatic carbocycles. The van der Waals surface area contributed by atoms with Crippen LogP contribution in [0.4, 0.5) is 4.39 Å². The Hall–Kier alpha value is -2.17. The SMILES string of the molecule is Cc1cc(F)ccc1Cn1nccc1C(=O)O. The van der Waals surface area contributed by atoms with E-state index in [1.54, 1.807) is 13.0 Å². The van der Waals surface area contributed by atoms with Crippen molar-refractivity contribution in [2.75, 3.05) is 0 Å². The van der Waals surface area contributed by atoms with Gasteiger partial charge in [0.05, 0.1) is 6.54 Å². The normalized spacial score (nSPS) is 10.5. The molecule has 2 rings (SSSR count). The highest BCUT2D eigenvalue weighted by molar-refractivity contribution is 5.85. The number of halogens is 1. The summed E-state index contributed by atoms with van der Waals surface area (Å²) in [5.41, 5.74) is 1.74. The number of aromatic carboxylic acids is 1. The molecule has 88 valence electrons. The number of rotatable bonds is 3. The summed E-state index contributed by atoms with van der Waals surface area (Å²) in [5.74, 6) is -1.33. The van der Waals surface area contributed by atoms with Gasteiger partial charge >= 0.3 is 5.97 Å². The summed E-state index contributed by atoms with van der Waals surface area (Å²) in [6.45, 7) is 2.10. The minimum atomic E-state index is -1.03. The van der Waals surface area contributed by atoms with Gasteiger partial charge in [-0.3, -0.25) is 4.68 Å². The molecule has 0 saturated heterocycles. The molecule has 0 fully saturated rings. The largest absolute Gasteiger partial charge is 0.477 e. The van der Waals surface area contributed by atoms with E-state index >= 15 is 0 Å². The van der Waals surface area contributed by atoms with E-state index in [2.05, 4.69) is 5.10 Å². The molecule has 0 atom stereocenters. The monoisotopic (exact) mass is 234 g/mol. The van der Waals surface area contributed by atoms with Gasteiger partial charge in [-0.15, -0.1) is 0 Å². The molecule has 17 heavy (non-hydrogen) atoms. The Balaban J connectivity index is 2.31. The summed E-state index contributed by atoms with van der Waals surface area (Å²) < 4.78 is 14.3. The molecule has 0 unspecified atom stereocenters. The second-order valence-corrected chi connectivity index (χ2v) is 3.75.